The maximum absolute atomic E-state index is 13.5. The number of carbonyl (C=O) groups excluding carboxylic acids is 1. The molecule has 0 aliphatic carbocycles. The summed E-state index contributed by atoms with van der Waals surface area (Å²) in [6.45, 7) is 0. The first-order valence-corrected chi connectivity index (χ1v) is 9.40. The fraction of sp³-hybridized carbons (Fsp3) is 0.0435. The maximum Gasteiger partial charge on any atom is 0.419 e. The Morgan fingerprint density at radius 2 is 1.78 bits per heavy atom. The van der Waals surface area contributed by atoms with E-state index < -0.39 is 11.7 Å². The number of pyridine rings is 1. The summed E-state index contributed by atoms with van der Waals surface area (Å²) in [5, 5.41) is 4.80. The predicted molar refractivity (Wildman–Crippen MR) is 111 cm³/mol. The Kier molecular flexibility index (Phi) is 4.48. The molecule has 32 heavy (non-hydrogen) atoms. The van der Waals surface area contributed by atoms with Crippen molar-refractivity contribution in [3.63, 3.8) is 0 Å². The highest BCUT2D eigenvalue weighted by Crippen LogP contribution is 2.34. The second-order valence-electron chi connectivity index (χ2n) is 6.91. The number of benzene rings is 1. The average molecular weight is 431 g/mol. The first-order valence-electron chi connectivity index (χ1n) is 9.40. The van der Waals surface area contributed by atoms with E-state index >= 15 is 0 Å². The van der Waals surface area contributed by atoms with Crippen LogP contribution >= 0.6 is 0 Å². The molecule has 5 aromatic rings. The van der Waals surface area contributed by atoms with Gasteiger partial charge in [-0.3, -0.25) is 4.79 Å². The van der Waals surface area contributed by atoms with E-state index in [1.54, 1.807) is 36.4 Å². The van der Waals surface area contributed by atoms with Gasteiger partial charge < -0.3 is 4.98 Å². The van der Waals surface area contributed by atoms with Gasteiger partial charge in [0.05, 0.1) is 17.5 Å². The Morgan fingerprint density at radius 1 is 0.969 bits per heavy atom. The van der Waals surface area contributed by atoms with Crippen LogP contribution in [0.2, 0.25) is 0 Å². The normalized spacial score (nSPS) is 11.5. The molecule has 0 amide bonds. The van der Waals surface area contributed by atoms with E-state index in [9.17, 15) is 18.0 Å². The first kappa shape index (κ1) is 19.5. The number of fused-ring (bicyclic) bond motifs is 2. The summed E-state index contributed by atoms with van der Waals surface area (Å²) in [7, 11) is 0. The van der Waals surface area contributed by atoms with Crippen molar-refractivity contribution >= 4 is 23.0 Å². The van der Waals surface area contributed by atoms with Gasteiger partial charge in [0.15, 0.2) is 5.65 Å². The predicted octanol–water partition coefficient (Wildman–Crippen LogP) is 4.50. The number of halogens is 3. The summed E-state index contributed by atoms with van der Waals surface area (Å²) in [5.74, 6) is 5.42. The Balaban J connectivity index is 1.62. The molecule has 4 heterocycles. The van der Waals surface area contributed by atoms with E-state index in [1.165, 1.54) is 23.0 Å². The highest BCUT2D eigenvalue weighted by molar-refractivity contribution is 5.84. The lowest BCUT2D eigenvalue weighted by Gasteiger charge is -2.09. The van der Waals surface area contributed by atoms with Crippen LogP contribution in [0.4, 0.5) is 13.2 Å². The Labute approximate surface area is 178 Å². The zero-order valence-electron chi connectivity index (χ0n) is 16.2. The summed E-state index contributed by atoms with van der Waals surface area (Å²) in [6, 6.07) is 11.9. The van der Waals surface area contributed by atoms with Crippen LogP contribution in [0.3, 0.4) is 0 Å². The monoisotopic (exact) mass is 431 g/mol. The van der Waals surface area contributed by atoms with Crippen molar-refractivity contribution in [2.75, 3.05) is 0 Å². The van der Waals surface area contributed by atoms with Crippen molar-refractivity contribution in [1.82, 2.24) is 24.6 Å². The van der Waals surface area contributed by atoms with Gasteiger partial charge in [-0.05, 0) is 24.1 Å². The molecule has 0 saturated carbocycles. The van der Waals surface area contributed by atoms with Crippen molar-refractivity contribution in [3.05, 3.63) is 83.4 Å². The third-order valence-electron chi connectivity index (χ3n) is 4.91. The SMILES string of the molecule is O=Cc1ccc(-c2ccc3ncc(C#Cc4c(C(F)(F)F)cnc5[nH]ccc45)n3n2)cc1. The number of hydrogen-bond acceptors (Lipinski definition) is 4. The summed E-state index contributed by atoms with van der Waals surface area (Å²) in [5.41, 5.74) is 1.99. The van der Waals surface area contributed by atoms with Crippen LogP contribution < -0.4 is 0 Å². The summed E-state index contributed by atoms with van der Waals surface area (Å²) in [6.07, 6.45) is -0.101. The van der Waals surface area contributed by atoms with Gasteiger partial charge in [0.2, 0.25) is 0 Å². The molecule has 5 rings (SSSR count). The minimum atomic E-state index is -4.60. The fourth-order valence-corrected chi connectivity index (χ4v) is 3.33. The number of aromatic amines is 1. The van der Waals surface area contributed by atoms with Crippen molar-refractivity contribution < 1.29 is 18.0 Å². The number of nitrogens with zero attached hydrogens (tertiary/aromatic N) is 4. The fourth-order valence-electron chi connectivity index (χ4n) is 3.33. The molecule has 6 nitrogen and oxygen atoms in total. The molecule has 156 valence electrons. The van der Waals surface area contributed by atoms with Crippen LogP contribution in [0.25, 0.3) is 27.9 Å². The number of imidazole rings is 1. The third kappa shape index (κ3) is 3.37. The molecule has 0 aliphatic heterocycles. The molecule has 9 heteroatoms. The second kappa shape index (κ2) is 7.35. The average Bonchev–Trinajstić information content (AvgIpc) is 3.43. The summed E-state index contributed by atoms with van der Waals surface area (Å²) < 4.78 is 42.0. The zero-order chi connectivity index (χ0) is 22.3. The van der Waals surface area contributed by atoms with E-state index in [-0.39, 0.29) is 10.9 Å². The molecular formula is C23H12F3N5O. The van der Waals surface area contributed by atoms with Crippen molar-refractivity contribution in [2.45, 2.75) is 6.18 Å². The molecule has 0 radical (unpaired) electrons. The number of H-pyrrole nitrogens is 1. The summed E-state index contributed by atoms with van der Waals surface area (Å²) >= 11 is 0. The second-order valence-corrected chi connectivity index (χ2v) is 6.91. The molecule has 0 aliphatic rings. The lowest BCUT2D eigenvalue weighted by atomic mass is 10.1. The van der Waals surface area contributed by atoms with Crippen molar-refractivity contribution in [3.8, 4) is 23.1 Å². The Morgan fingerprint density at radius 3 is 2.53 bits per heavy atom. The topological polar surface area (TPSA) is 75.9 Å². The molecular weight excluding hydrogens is 419 g/mol. The number of alkyl halides is 3. The molecule has 1 aromatic carbocycles. The van der Waals surface area contributed by atoms with Crippen LogP contribution in [0.5, 0.6) is 0 Å². The van der Waals surface area contributed by atoms with Gasteiger partial charge >= 0.3 is 6.18 Å². The molecule has 0 saturated heterocycles. The standard InChI is InChI=1S/C23H12F3N5O/c24-23(25,26)19-12-29-22-18(9-10-27-22)17(19)6-5-16-11-28-21-8-7-20(30-31(16)21)15-3-1-14(13-32)2-4-15/h1-4,7-13H,(H,27,29). The van der Waals surface area contributed by atoms with Gasteiger partial charge in [0.25, 0.3) is 0 Å². The van der Waals surface area contributed by atoms with Gasteiger partial charge in [-0.25, -0.2) is 14.5 Å². The molecule has 4 aromatic heterocycles. The number of aldehydes is 1. The number of rotatable bonds is 2. The van der Waals surface area contributed by atoms with Gasteiger partial charge in [0, 0.05) is 34.5 Å². The molecule has 0 atom stereocenters. The summed E-state index contributed by atoms with van der Waals surface area (Å²) in [4.78, 5) is 21.7. The Hall–Kier alpha value is -4.45. The third-order valence-corrected chi connectivity index (χ3v) is 4.91. The quantitative estimate of drug-likeness (QED) is 0.330. The van der Waals surface area contributed by atoms with Crippen LogP contribution in [0.15, 0.2) is 61.1 Å². The number of hydrogen-bond donors (Lipinski definition) is 1. The smallest absolute Gasteiger partial charge is 0.346 e. The maximum atomic E-state index is 13.5. The van der Waals surface area contributed by atoms with Gasteiger partial charge in [-0.2, -0.15) is 18.3 Å². The minimum Gasteiger partial charge on any atom is -0.346 e. The lowest BCUT2D eigenvalue weighted by molar-refractivity contribution is -0.137. The highest BCUT2D eigenvalue weighted by Gasteiger charge is 2.34. The highest BCUT2D eigenvalue weighted by atomic mass is 19.4. The van der Waals surface area contributed by atoms with Crippen LogP contribution in [-0.2, 0) is 6.18 Å². The van der Waals surface area contributed by atoms with E-state index in [4.69, 9.17) is 0 Å². The minimum absolute atomic E-state index is 0.167. The Bertz CT molecular complexity index is 1540. The lowest BCUT2D eigenvalue weighted by Crippen LogP contribution is -2.09. The zero-order valence-corrected chi connectivity index (χ0v) is 16.2. The number of aromatic nitrogens is 5. The van der Waals surface area contributed by atoms with E-state index in [0.29, 0.717) is 28.2 Å². The number of carbonyl (C=O) groups is 1. The molecule has 0 unspecified atom stereocenters. The van der Waals surface area contributed by atoms with Gasteiger partial charge in [0.1, 0.15) is 17.6 Å². The van der Waals surface area contributed by atoms with Gasteiger partial charge in [-0.1, -0.05) is 30.2 Å². The largest absolute Gasteiger partial charge is 0.419 e. The number of nitrogens with one attached hydrogen (secondary N) is 1. The molecule has 0 bridgehead atoms. The van der Waals surface area contributed by atoms with Crippen molar-refractivity contribution in [2.24, 2.45) is 0 Å². The molecule has 0 fully saturated rings. The van der Waals surface area contributed by atoms with E-state index in [2.05, 4.69) is 31.9 Å². The van der Waals surface area contributed by atoms with E-state index in [0.717, 1.165) is 18.0 Å². The first-order chi connectivity index (χ1) is 15.4. The molecule has 0 spiro atoms. The van der Waals surface area contributed by atoms with Gasteiger partial charge in [-0.15, -0.1) is 0 Å². The van der Waals surface area contributed by atoms with Crippen LogP contribution in [-0.4, -0.2) is 30.9 Å². The molecule has 1 N–H and O–H groups in total. The van der Waals surface area contributed by atoms with Crippen molar-refractivity contribution in [1.29, 1.82) is 0 Å². The van der Waals surface area contributed by atoms with Crippen LogP contribution in [0.1, 0.15) is 27.2 Å². The van der Waals surface area contributed by atoms with E-state index in [1.807, 2.05) is 0 Å². The van der Waals surface area contributed by atoms with Crippen LogP contribution in [0, 0.1) is 11.8 Å².